The molecule has 1 rings (SSSR count). The zero-order chi connectivity index (χ0) is 14.5. The van der Waals surface area contributed by atoms with Crippen molar-refractivity contribution in [2.75, 3.05) is 26.2 Å². The van der Waals surface area contributed by atoms with Crippen LogP contribution in [0.3, 0.4) is 0 Å². The predicted molar refractivity (Wildman–Crippen MR) is 87.3 cm³/mol. The Labute approximate surface area is 124 Å². The summed E-state index contributed by atoms with van der Waals surface area (Å²) in [4.78, 5) is 6.68. The molecular formula is C17H32N2O. The normalized spacial score (nSPS) is 15.3. The lowest BCUT2D eigenvalue weighted by atomic mass is 10.1. The molecule has 0 unspecified atom stereocenters. The monoisotopic (exact) mass is 280 g/mol. The Morgan fingerprint density at radius 2 is 1.85 bits per heavy atom. The van der Waals surface area contributed by atoms with Gasteiger partial charge in [0.2, 0.25) is 0 Å². The first kappa shape index (κ1) is 17.2. The van der Waals surface area contributed by atoms with Crippen LogP contribution in [0.5, 0.6) is 0 Å². The Bertz CT molecular complexity index is 287. The average Bonchev–Trinajstić information content (AvgIpc) is 2.89. The second-order valence-electron chi connectivity index (χ2n) is 5.59. The fourth-order valence-corrected chi connectivity index (χ4v) is 2.61. The highest BCUT2D eigenvalue weighted by Gasteiger charge is 2.13. The van der Waals surface area contributed by atoms with E-state index in [4.69, 9.17) is 5.11 Å². The smallest absolute Gasteiger partial charge is 0.103 e. The highest BCUT2D eigenvalue weighted by molar-refractivity contribution is 5.85. The summed E-state index contributed by atoms with van der Waals surface area (Å²) in [7, 11) is 0. The molecule has 1 heterocycles. The molecule has 1 N–H and O–H groups in total. The summed E-state index contributed by atoms with van der Waals surface area (Å²) < 4.78 is 0. The molecule has 0 spiro atoms. The minimum atomic E-state index is 0.223. The van der Waals surface area contributed by atoms with Crippen molar-refractivity contribution in [1.29, 1.82) is 0 Å². The summed E-state index contributed by atoms with van der Waals surface area (Å²) in [6.45, 7) is 5.08. The van der Waals surface area contributed by atoms with E-state index >= 15 is 0 Å². The van der Waals surface area contributed by atoms with Crippen molar-refractivity contribution < 1.29 is 5.11 Å². The lowest BCUT2D eigenvalue weighted by Crippen LogP contribution is -2.30. The van der Waals surface area contributed by atoms with E-state index in [9.17, 15) is 0 Å². The van der Waals surface area contributed by atoms with Crippen molar-refractivity contribution in [3.63, 3.8) is 0 Å². The zero-order valence-corrected chi connectivity index (χ0v) is 13.2. The van der Waals surface area contributed by atoms with E-state index in [0.29, 0.717) is 0 Å². The molecule has 0 aromatic carbocycles. The summed E-state index contributed by atoms with van der Waals surface area (Å²) in [5.41, 5.74) is 0. The van der Waals surface area contributed by atoms with E-state index in [1.54, 1.807) is 0 Å². The van der Waals surface area contributed by atoms with E-state index in [1.807, 2.05) is 0 Å². The van der Waals surface area contributed by atoms with Gasteiger partial charge in [0.1, 0.15) is 5.84 Å². The largest absolute Gasteiger partial charge is 0.395 e. The maximum absolute atomic E-state index is 8.98. The molecule has 3 heteroatoms. The lowest BCUT2D eigenvalue weighted by molar-refractivity contribution is 0.255. The average molecular weight is 280 g/mol. The number of aliphatic hydroxyl groups excluding tert-OH is 1. The van der Waals surface area contributed by atoms with Gasteiger partial charge in [-0.2, -0.15) is 0 Å². The van der Waals surface area contributed by atoms with E-state index in [0.717, 1.165) is 31.9 Å². The van der Waals surface area contributed by atoms with Crippen LogP contribution in [0, 0.1) is 0 Å². The number of hydrogen-bond donors (Lipinski definition) is 1. The van der Waals surface area contributed by atoms with Crippen molar-refractivity contribution >= 4 is 5.84 Å². The Morgan fingerprint density at radius 3 is 2.60 bits per heavy atom. The van der Waals surface area contributed by atoms with Crippen molar-refractivity contribution in [2.24, 2.45) is 4.99 Å². The van der Waals surface area contributed by atoms with Gasteiger partial charge in [0, 0.05) is 19.5 Å². The molecule has 0 aliphatic carbocycles. The van der Waals surface area contributed by atoms with Crippen LogP contribution in [-0.4, -0.2) is 42.1 Å². The van der Waals surface area contributed by atoms with Crippen LogP contribution in [0.4, 0.5) is 0 Å². The molecule has 1 aliphatic rings. The van der Waals surface area contributed by atoms with E-state index in [1.165, 1.54) is 51.4 Å². The number of rotatable bonds is 12. The molecule has 0 radical (unpaired) electrons. The van der Waals surface area contributed by atoms with Gasteiger partial charge < -0.3 is 10.0 Å². The van der Waals surface area contributed by atoms with Crippen LogP contribution in [0.2, 0.25) is 0 Å². The Balaban J connectivity index is 1.97. The molecule has 116 valence electrons. The minimum absolute atomic E-state index is 0.223. The molecule has 0 aromatic rings. The molecule has 0 atom stereocenters. The molecule has 0 bridgehead atoms. The van der Waals surface area contributed by atoms with Crippen molar-refractivity contribution in [3.05, 3.63) is 12.2 Å². The molecule has 0 fully saturated rings. The van der Waals surface area contributed by atoms with Crippen LogP contribution in [-0.2, 0) is 0 Å². The first-order chi connectivity index (χ1) is 9.88. The van der Waals surface area contributed by atoms with Crippen LogP contribution < -0.4 is 0 Å². The second kappa shape index (κ2) is 12.0. The number of nitrogens with zero attached hydrogens (tertiary/aromatic N) is 2. The van der Waals surface area contributed by atoms with Gasteiger partial charge >= 0.3 is 0 Å². The maximum atomic E-state index is 8.98. The highest BCUT2D eigenvalue weighted by Crippen LogP contribution is 2.09. The maximum Gasteiger partial charge on any atom is 0.103 e. The highest BCUT2D eigenvalue weighted by atomic mass is 16.3. The molecular weight excluding hydrogens is 248 g/mol. The first-order valence-electron chi connectivity index (χ1n) is 8.42. The summed E-state index contributed by atoms with van der Waals surface area (Å²) in [5.74, 6) is 1.15. The molecule has 0 saturated heterocycles. The van der Waals surface area contributed by atoms with Gasteiger partial charge in [0.15, 0.2) is 0 Å². The van der Waals surface area contributed by atoms with Gasteiger partial charge in [-0.1, -0.05) is 57.6 Å². The predicted octanol–water partition coefficient (Wildman–Crippen LogP) is 3.78. The van der Waals surface area contributed by atoms with Gasteiger partial charge in [-0.25, -0.2) is 0 Å². The van der Waals surface area contributed by atoms with E-state index in [-0.39, 0.29) is 6.61 Å². The number of unbranched alkanes of at least 4 members (excludes halogenated alkanes) is 7. The van der Waals surface area contributed by atoms with Crippen LogP contribution in [0.25, 0.3) is 0 Å². The third kappa shape index (κ3) is 7.68. The van der Waals surface area contributed by atoms with E-state index < -0.39 is 0 Å². The summed E-state index contributed by atoms with van der Waals surface area (Å²) in [6, 6.07) is 0. The number of hydrogen-bond acceptors (Lipinski definition) is 3. The van der Waals surface area contributed by atoms with Crippen molar-refractivity contribution in [2.45, 2.75) is 64.7 Å². The van der Waals surface area contributed by atoms with Gasteiger partial charge in [0.05, 0.1) is 13.2 Å². The topological polar surface area (TPSA) is 35.8 Å². The van der Waals surface area contributed by atoms with Gasteiger partial charge in [0.25, 0.3) is 0 Å². The second-order valence-corrected chi connectivity index (χ2v) is 5.59. The molecule has 0 aromatic heterocycles. The quantitative estimate of drug-likeness (QED) is 0.436. The molecule has 0 saturated carbocycles. The Kier molecular flexibility index (Phi) is 10.3. The molecule has 0 amide bonds. The Hall–Kier alpha value is -0.830. The van der Waals surface area contributed by atoms with Crippen LogP contribution in [0.1, 0.15) is 64.7 Å². The zero-order valence-electron chi connectivity index (χ0n) is 13.2. The number of aliphatic hydroxyl groups is 1. The van der Waals surface area contributed by atoms with Gasteiger partial charge in [-0.05, 0) is 12.8 Å². The fourth-order valence-electron chi connectivity index (χ4n) is 2.61. The molecule has 20 heavy (non-hydrogen) atoms. The van der Waals surface area contributed by atoms with E-state index in [2.05, 4.69) is 29.0 Å². The minimum Gasteiger partial charge on any atom is -0.395 e. The lowest BCUT2D eigenvalue weighted by Gasteiger charge is -2.17. The van der Waals surface area contributed by atoms with Crippen LogP contribution >= 0.6 is 0 Å². The third-order valence-electron chi connectivity index (χ3n) is 3.84. The van der Waals surface area contributed by atoms with Crippen LogP contribution in [0.15, 0.2) is 17.1 Å². The number of allylic oxidation sites excluding steroid dienone is 1. The van der Waals surface area contributed by atoms with Crippen molar-refractivity contribution in [1.82, 2.24) is 4.90 Å². The standard InChI is InChI=1S/C17H32N2O/c1-2-3-4-5-6-7-8-9-10-11-12-17-18-13-14-19(17)15-16-20/h10-11,20H,2-9,12-16H2,1H3/b11-10+. The van der Waals surface area contributed by atoms with Gasteiger partial charge in [-0.3, -0.25) is 4.99 Å². The Morgan fingerprint density at radius 1 is 1.10 bits per heavy atom. The summed E-state index contributed by atoms with van der Waals surface area (Å²) in [6.07, 6.45) is 16.3. The molecule has 3 nitrogen and oxygen atoms in total. The first-order valence-corrected chi connectivity index (χ1v) is 8.42. The van der Waals surface area contributed by atoms with Gasteiger partial charge in [-0.15, -0.1) is 0 Å². The van der Waals surface area contributed by atoms with Crippen molar-refractivity contribution in [3.8, 4) is 0 Å². The third-order valence-corrected chi connectivity index (χ3v) is 3.84. The summed E-state index contributed by atoms with van der Waals surface area (Å²) in [5, 5.41) is 8.98. The number of β-amino-alcohol motifs (C(OH)–C–C–N with tert-alkyl or cyclic N) is 1. The SMILES string of the molecule is CCCCCCCCC/C=C/CC1=NCCN1CCO. The fraction of sp³-hybridized carbons (Fsp3) is 0.824. The number of aliphatic imine (C=N–C) groups is 1. The summed E-state index contributed by atoms with van der Waals surface area (Å²) >= 11 is 0. The number of amidine groups is 1. The molecule has 1 aliphatic heterocycles.